The molecule has 1 aliphatic heterocycles. The molecule has 0 spiro atoms. The van der Waals surface area contributed by atoms with Crippen LogP contribution in [-0.2, 0) is 20.9 Å². The molecule has 0 aliphatic carbocycles. The van der Waals surface area contributed by atoms with Crippen LogP contribution in [0.25, 0.3) is 16.8 Å². The van der Waals surface area contributed by atoms with Crippen LogP contribution in [0.2, 0.25) is 0 Å². The Morgan fingerprint density at radius 3 is 2.62 bits per heavy atom. The molecule has 2 aromatic rings. The van der Waals surface area contributed by atoms with Crippen LogP contribution in [0.5, 0.6) is 0 Å². The molecule has 2 heterocycles. The van der Waals surface area contributed by atoms with E-state index in [-0.39, 0.29) is 36.3 Å². The fourth-order valence-electron chi connectivity index (χ4n) is 5.07. The first-order valence-electron chi connectivity index (χ1n) is 14.7. The summed E-state index contributed by atoms with van der Waals surface area (Å²) in [4.78, 5) is 28.1. The maximum absolute atomic E-state index is 13.7. The number of nitrogens with zero attached hydrogens (tertiary/aromatic N) is 4. The van der Waals surface area contributed by atoms with Gasteiger partial charge in [0.05, 0.1) is 30.1 Å². The first-order valence-corrected chi connectivity index (χ1v) is 14.7. The van der Waals surface area contributed by atoms with E-state index in [1.165, 1.54) is 0 Å². The minimum Gasteiger partial charge on any atom is -0.385 e. The molecule has 1 aromatic heterocycles. The third kappa shape index (κ3) is 8.28. The number of benzene rings is 1. The lowest BCUT2D eigenvalue weighted by molar-refractivity contribution is -0.125. The third-order valence-corrected chi connectivity index (χ3v) is 6.98. The van der Waals surface area contributed by atoms with E-state index in [0.29, 0.717) is 44.0 Å². The van der Waals surface area contributed by atoms with Gasteiger partial charge in [-0.3, -0.25) is 9.59 Å². The lowest BCUT2D eigenvalue weighted by Crippen LogP contribution is -2.36. The van der Waals surface area contributed by atoms with Gasteiger partial charge in [0, 0.05) is 48.9 Å². The van der Waals surface area contributed by atoms with Crippen LogP contribution in [-0.4, -0.2) is 58.1 Å². The molecule has 9 heteroatoms. The average Bonchev–Trinajstić information content (AvgIpc) is 3.32. The number of rotatable bonds is 14. The van der Waals surface area contributed by atoms with Gasteiger partial charge < -0.3 is 20.3 Å². The van der Waals surface area contributed by atoms with Gasteiger partial charge in [0.2, 0.25) is 11.8 Å². The number of nitrogens with one attached hydrogen (secondary N) is 2. The summed E-state index contributed by atoms with van der Waals surface area (Å²) in [5.41, 5.74) is 5.26. The zero-order valence-electron chi connectivity index (χ0n) is 26.0. The Morgan fingerprint density at radius 1 is 1.21 bits per heavy atom. The molecule has 2 amide bonds. The topological polar surface area (TPSA) is 101 Å². The molecule has 0 saturated carbocycles. The average molecular weight is 575 g/mol. The molecule has 0 atom stereocenters. The Kier molecular flexibility index (Phi) is 11.4. The van der Waals surface area contributed by atoms with Gasteiger partial charge in [0.15, 0.2) is 0 Å². The molecular formula is C33H46N6O3. The maximum atomic E-state index is 13.7. The minimum atomic E-state index is -0.316. The maximum Gasteiger partial charge on any atom is 0.227 e. The van der Waals surface area contributed by atoms with E-state index in [1.807, 2.05) is 68.8 Å². The van der Waals surface area contributed by atoms with E-state index in [2.05, 4.69) is 48.0 Å². The van der Waals surface area contributed by atoms with Crippen molar-refractivity contribution in [1.29, 1.82) is 0 Å². The van der Waals surface area contributed by atoms with Crippen LogP contribution in [0.4, 0.5) is 5.69 Å². The number of allylic oxidation sites excluding steroid dienone is 4. The summed E-state index contributed by atoms with van der Waals surface area (Å²) in [6.07, 6.45) is 6.58. The summed E-state index contributed by atoms with van der Waals surface area (Å²) < 4.78 is 7.55. The van der Waals surface area contributed by atoms with Gasteiger partial charge in [-0.25, -0.2) is 4.68 Å². The molecule has 0 radical (unpaired) electrons. The van der Waals surface area contributed by atoms with Crippen molar-refractivity contribution in [2.24, 2.45) is 0 Å². The van der Waals surface area contributed by atoms with Gasteiger partial charge in [0.25, 0.3) is 0 Å². The van der Waals surface area contributed by atoms with E-state index in [9.17, 15) is 9.59 Å². The predicted molar refractivity (Wildman–Crippen MR) is 170 cm³/mol. The summed E-state index contributed by atoms with van der Waals surface area (Å²) in [6.45, 7) is 22.1. The summed E-state index contributed by atoms with van der Waals surface area (Å²) in [6, 6.07) is 7.92. The first-order chi connectivity index (χ1) is 20.0. The molecule has 0 saturated heterocycles. The quantitative estimate of drug-likeness (QED) is 0.312. The van der Waals surface area contributed by atoms with Gasteiger partial charge in [-0.05, 0) is 59.6 Å². The van der Waals surface area contributed by atoms with Crippen molar-refractivity contribution in [3.05, 3.63) is 72.6 Å². The molecule has 2 N–H and O–H groups in total. The van der Waals surface area contributed by atoms with Crippen LogP contribution in [0.15, 0.2) is 66.9 Å². The molecular weight excluding hydrogens is 528 g/mol. The van der Waals surface area contributed by atoms with Crippen molar-refractivity contribution in [2.75, 3.05) is 24.6 Å². The molecule has 0 bridgehead atoms. The Bertz CT molecular complexity index is 1350. The van der Waals surface area contributed by atoms with Gasteiger partial charge in [0.1, 0.15) is 5.69 Å². The van der Waals surface area contributed by atoms with E-state index in [0.717, 1.165) is 28.1 Å². The SMILES string of the molecule is C=C/C1=C(\C=C/C)c2c(nnn2CC(=C)NC(C)C)-c2ccccc2N(C(=O)CCC(=O)NCCC(C)(C)OCC)C1. The van der Waals surface area contributed by atoms with E-state index in [4.69, 9.17) is 4.74 Å². The zero-order chi connectivity index (χ0) is 30.9. The van der Waals surface area contributed by atoms with Crippen molar-refractivity contribution in [3.63, 3.8) is 0 Å². The predicted octanol–water partition coefficient (Wildman–Crippen LogP) is 5.42. The van der Waals surface area contributed by atoms with Crippen LogP contribution in [0, 0.1) is 0 Å². The summed E-state index contributed by atoms with van der Waals surface area (Å²) >= 11 is 0. The molecule has 1 aliphatic rings. The zero-order valence-corrected chi connectivity index (χ0v) is 26.0. The Hall–Kier alpha value is -3.98. The van der Waals surface area contributed by atoms with Crippen molar-refractivity contribution < 1.29 is 14.3 Å². The van der Waals surface area contributed by atoms with Gasteiger partial charge in [-0.1, -0.05) is 54.8 Å². The van der Waals surface area contributed by atoms with Gasteiger partial charge in [-0.15, -0.1) is 5.10 Å². The Labute approximate surface area is 250 Å². The van der Waals surface area contributed by atoms with Crippen molar-refractivity contribution >= 4 is 23.1 Å². The van der Waals surface area contributed by atoms with E-state index in [1.54, 1.807) is 11.0 Å². The summed E-state index contributed by atoms with van der Waals surface area (Å²) in [5, 5.41) is 15.4. The number of amides is 2. The second kappa shape index (κ2) is 14.8. The fraction of sp³-hybridized carbons (Fsp3) is 0.455. The molecule has 42 heavy (non-hydrogen) atoms. The van der Waals surface area contributed by atoms with Crippen LogP contribution in [0.1, 0.15) is 66.5 Å². The first kappa shape index (κ1) is 32.5. The Morgan fingerprint density at radius 2 is 1.95 bits per heavy atom. The van der Waals surface area contributed by atoms with Crippen molar-refractivity contribution in [1.82, 2.24) is 25.6 Å². The van der Waals surface area contributed by atoms with Crippen LogP contribution >= 0.6 is 0 Å². The summed E-state index contributed by atoms with van der Waals surface area (Å²) in [7, 11) is 0. The van der Waals surface area contributed by atoms with Gasteiger partial charge >= 0.3 is 0 Å². The largest absolute Gasteiger partial charge is 0.385 e. The second-order valence-electron chi connectivity index (χ2n) is 11.3. The standard InChI is InChI=1S/C33H46N6O3/c1-9-14-26-25(10-2)22-38(30(41)18-17-29(40)34-20-19-33(7,8)42-11-3)28-16-13-12-15-27(28)31-32(26)39(37-36-31)21-24(6)35-23(4)5/h9-10,12-16,23,35H,2,6,11,17-22H2,1,3-5,7-8H3,(H,34,40)/b14-9-,26-25-. The van der Waals surface area contributed by atoms with Crippen molar-refractivity contribution in [2.45, 2.75) is 79.0 Å². The molecule has 226 valence electrons. The number of hydrogen-bond donors (Lipinski definition) is 2. The third-order valence-electron chi connectivity index (χ3n) is 6.98. The minimum absolute atomic E-state index is 0.0681. The number of fused-ring (bicyclic) bond motifs is 3. The van der Waals surface area contributed by atoms with E-state index >= 15 is 0 Å². The lowest BCUT2D eigenvalue weighted by Gasteiger charge is -2.29. The second-order valence-corrected chi connectivity index (χ2v) is 11.3. The van der Waals surface area contributed by atoms with Gasteiger partial charge in [-0.2, -0.15) is 0 Å². The molecule has 9 nitrogen and oxygen atoms in total. The Balaban J connectivity index is 1.92. The number of hydrogen-bond acceptors (Lipinski definition) is 6. The highest BCUT2D eigenvalue weighted by atomic mass is 16.5. The number of carbonyl (C=O) groups is 2. The monoisotopic (exact) mass is 574 g/mol. The number of anilines is 1. The lowest BCUT2D eigenvalue weighted by atomic mass is 9.94. The van der Waals surface area contributed by atoms with Crippen molar-refractivity contribution in [3.8, 4) is 11.3 Å². The smallest absolute Gasteiger partial charge is 0.227 e. The highest BCUT2D eigenvalue weighted by molar-refractivity contribution is 6.02. The summed E-state index contributed by atoms with van der Waals surface area (Å²) in [5.74, 6) is -0.317. The fourth-order valence-corrected chi connectivity index (χ4v) is 5.07. The molecule has 1 aromatic carbocycles. The number of aromatic nitrogens is 3. The molecule has 0 unspecified atom stereocenters. The van der Waals surface area contributed by atoms with Crippen LogP contribution in [0.3, 0.4) is 0 Å². The highest BCUT2D eigenvalue weighted by Crippen LogP contribution is 2.39. The highest BCUT2D eigenvalue weighted by Gasteiger charge is 2.29. The van der Waals surface area contributed by atoms with E-state index < -0.39 is 0 Å². The normalized spacial score (nSPS) is 15.2. The van der Waals surface area contributed by atoms with Crippen LogP contribution < -0.4 is 15.5 Å². The number of para-hydroxylation sites is 1. The molecule has 3 rings (SSSR count). The number of ether oxygens (including phenoxy) is 1. The number of carbonyl (C=O) groups excluding carboxylic acids is 2. The molecule has 0 fully saturated rings.